The Morgan fingerprint density at radius 2 is 1.91 bits per heavy atom. The summed E-state index contributed by atoms with van der Waals surface area (Å²) in [6.45, 7) is 3.70. The van der Waals surface area contributed by atoms with Crippen molar-refractivity contribution in [2.24, 2.45) is 0 Å². The number of nitrogens with one attached hydrogen (secondary N) is 1. The summed E-state index contributed by atoms with van der Waals surface area (Å²) in [6, 6.07) is 10.9. The second-order valence-corrected chi connectivity index (χ2v) is 8.79. The summed E-state index contributed by atoms with van der Waals surface area (Å²) >= 11 is 1.35. The molecular weight excluding hydrogens is 437 g/mol. The van der Waals surface area contributed by atoms with Crippen molar-refractivity contribution in [3.63, 3.8) is 0 Å². The zero-order valence-electron chi connectivity index (χ0n) is 18.0. The van der Waals surface area contributed by atoms with Crippen LogP contribution in [0.25, 0.3) is 21.0 Å². The molecule has 6 nitrogen and oxygen atoms in total. The van der Waals surface area contributed by atoms with E-state index in [-0.39, 0.29) is 11.7 Å². The molecule has 0 radical (unpaired) electrons. The van der Waals surface area contributed by atoms with E-state index in [0.29, 0.717) is 33.6 Å². The number of pyridine rings is 1. The summed E-state index contributed by atoms with van der Waals surface area (Å²) < 4.78 is 14.4. The molecule has 3 N–H and O–H groups in total. The van der Waals surface area contributed by atoms with Crippen LogP contribution in [0.15, 0.2) is 54.3 Å². The zero-order valence-corrected chi connectivity index (χ0v) is 18.8. The third-order valence-electron chi connectivity index (χ3n) is 5.69. The van der Waals surface area contributed by atoms with Gasteiger partial charge in [-0.1, -0.05) is 24.3 Å². The van der Waals surface area contributed by atoms with Crippen LogP contribution in [0.3, 0.4) is 0 Å². The van der Waals surface area contributed by atoms with E-state index >= 15 is 0 Å². The number of carbonyl (C=O) groups is 1. The first-order valence-corrected chi connectivity index (χ1v) is 11.2. The number of benzene rings is 2. The van der Waals surface area contributed by atoms with Gasteiger partial charge < -0.3 is 11.1 Å². The molecule has 0 aliphatic rings. The summed E-state index contributed by atoms with van der Waals surface area (Å²) in [5.74, 6) is -0.127. The molecule has 8 heteroatoms. The van der Waals surface area contributed by atoms with Crippen LogP contribution in [0.5, 0.6) is 0 Å². The van der Waals surface area contributed by atoms with Crippen LogP contribution in [0.4, 0.5) is 15.9 Å². The molecule has 0 aliphatic heterocycles. The maximum Gasteiger partial charge on any atom is 0.258 e. The number of nitrogen functional groups attached to an aromatic ring is 1. The Morgan fingerprint density at radius 1 is 1.06 bits per heavy atom. The number of aryl methyl sites for hydroxylation is 2. The molecule has 0 saturated heterocycles. The Kier molecular flexibility index (Phi) is 5.22. The van der Waals surface area contributed by atoms with E-state index in [0.717, 1.165) is 33.3 Å². The van der Waals surface area contributed by atoms with Gasteiger partial charge in [0.05, 0.1) is 27.2 Å². The average molecular weight is 458 g/mol. The number of aromatic nitrogens is 3. The molecule has 3 heterocycles. The lowest BCUT2D eigenvalue weighted by molar-refractivity contribution is 0.102. The number of rotatable bonds is 4. The monoisotopic (exact) mass is 457 g/mol. The zero-order chi connectivity index (χ0) is 23.1. The van der Waals surface area contributed by atoms with Crippen LogP contribution < -0.4 is 11.1 Å². The maximum atomic E-state index is 13.7. The molecule has 0 atom stereocenters. The predicted molar refractivity (Wildman–Crippen MR) is 130 cm³/mol. The van der Waals surface area contributed by atoms with E-state index in [4.69, 9.17) is 5.73 Å². The Balaban J connectivity index is 1.53. The first-order chi connectivity index (χ1) is 15.9. The fourth-order valence-electron chi connectivity index (χ4n) is 3.95. The number of nitrogens with zero attached hydrogens (tertiary/aromatic N) is 3. The second kappa shape index (κ2) is 8.22. The van der Waals surface area contributed by atoms with Gasteiger partial charge in [0.1, 0.15) is 18.0 Å². The average Bonchev–Trinajstić information content (AvgIpc) is 3.24. The summed E-state index contributed by atoms with van der Waals surface area (Å²) in [5, 5.41) is 6.63. The molecule has 3 aromatic heterocycles. The lowest BCUT2D eigenvalue weighted by Gasteiger charge is -2.14. The number of halogens is 1. The normalized spacial score (nSPS) is 11.2. The Hall–Kier alpha value is -3.91. The first-order valence-electron chi connectivity index (χ1n) is 10.3. The SMILES string of the molecule is Cc1cc(Cc2nccc3c(NC(=O)c4csc5c(N)ncnc45)c(C)ccc23)ccc1F. The summed E-state index contributed by atoms with van der Waals surface area (Å²) in [6.07, 6.45) is 3.65. The van der Waals surface area contributed by atoms with Crippen molar-refractivity contribution in [1.29, 1.82) is 0 Å². The Bertz CT molecular complexity index is 1550. The highest BCUT2D eigenvalue weighted by atomic mass is 32.1. The summed E-state index contributed by atoms with van der Waals surface area (Å²) in [5.41, 5.74) is 11.0. The van der Waals surface area contributed by atoms with Crippen LogP contribution in [0.2, 0.25) is 0 Å². The molecule has 2 aromatic carbocycles. The second-order valence-electron chi connectivity index (χ2n) is 7.91. The van der Waals surface area contributed by atoms with Crippen molar-refractivity contribution in [2.75, 3.05) is 11.1 Å². The number of fused-ring (bicyclic) bond motifs is 2. The lowest BCUT2D eigenvalue weighted by Crippen LogP contribution is -2.13. The van der Waals surface area contributed by atoms with Crippen molar-refractivity contribution in [1.82, 2.24) is 15.0 Å². The quantitative estimate of drug-likeness (QED) is 0.376. The fraction of sp³-hybridized carbons (Fsp3) is 0.120. The highest BCUT2D eigenvalue weighted by molar-refractivity contribution is 7.18. The van der Waals surface area contributed by atoms with Crippen molar-refractivity contribution in [3.05, 3.63) is 88.1 Å². The maximum absolute atomic E-state index is 13.7. The molecule has 0 aliphatic carbocycles. The van der Waals surface area contributed by atoms with Crippen molar-refractivity contribution in [3.8, 4) is 0 Å². The highest BCUT2D eigenvalue weighted by Crippen LogP contribution is 2.32. The van der Waals surface area contributed by atoms with Crippen LogP contribution >= 0.6 is 11.3 Å². The Morgan fingerprint density at radius 3 is 2.73 bits per heavy atom. The van der Waals surface area contributed by atoms with E-state index in [1.807, 2.05) is 31.2 Å². The van der Waals surface area contributed by atoms with Crippen LogP contribution in [-0.4, -0.2) is 20.9 Å². The number of nitrogens with two attached hydrogens (primary N) is 1. The molecule has 33 heavy (non-hydrogen) atoms. The summed E-state index contributed by atoms with van der Waals surface area (Å²) in [4.78, 5) is 26.0. The van der Waals surface area contributed by atoms with Crippen LogP contribution in [0.1, 0.15) is 32.7 Å². The highest BCUT2D eigenvalue weighted by Gasteiger charge is 2.18. The van der Waals surface area contributed by atoms with Crippen molar-refractivity contribution < 1.29 is 9.18 Å². The summed E-state index contributed by atoms with van der Waals surface area (Å²) in [7, 11) is 0. The standard InChI is InChI=1S/C25H20FN5OS/c1-13-3-5-16-17(7-8-28-20(16)10-15-4-6-19(26)14(2)9-15)21(13)31-25(32)18-11-33-23-22(18)29-12-30-24(23)27/h3-9,11-12H,10H2,1-2H3,(H,31,32)(H2,27,29,30). The van der Waals surface area contributed by atoms with Gasteiger partial charge in [-0.2, -0.15) is 0 Å². The topological polar surface area (TPSA) is 93.8 Å². The molecular formula is C25H20FN5OS. The van der Waals surface area contributed by atoms with Crippen LogP contribution in [-0.2, 0) is 6.42 Å². The number of carbonyl (C=O) groups excluding carboxylic acids is 1. The molecule has 0 unspecified atom stereocenters. The van der Waals surface area contributed by atoms with Gasteiger partial charge in [-0.15, -0.1) is 11.3 Å². The number of hydrogen-bond donors (Lipinski definition) is 2. The first kappa shape index (κ1) is 21.0. The third kappa shape index (κ3) is 3.78. The van der Waals surface area contributed by atoms with Gasteiger partial charge in [0, 0.05) is 28.8 Å². The molecule has 5 aromatic rings. The van der Waals surface area contributed by atoms with Gasteiger partial charge in [0.15, 0.2) is 0 Å². The minimum atomic E-state index is -0.262. The van der Waals surface area contributed by atoms with Gasteiger partial charge in [-0.25, -0.2) is 14.4 Å². The minimum absolute atomic E-state index is 0.224. The van der Waals surface area contributed by atoms with E-state index in [1.165, 1.54) is 23.7 Å². The predicted octanol–water partition coefficient (Wildman–Crippen LogP) is 5.42. The van der Waals surface area contributed by atoms with Gasteiger partial charge in [-0.3, -0.25) is 9.78 Å². The molecule has 0 bridgehead atoms. The smallest absolute Gasteiger partial charge is 0.258 e. The van der Waals surface area contributed by atoms with E-state index < -0.39 is 0 Å². The fourth-order valence-corrected chi connectivity index (χ4v) is 4.85. The van der Waals surface area contributed by atoms with Crippen molar-refractivity contribution in [2.45, 2.75) is 20.3 Å². The van der Waals surface area contributed by atoms with E-state index in [9.17, 15) is 9.18 Å². The third-order valence-corrected chi connectivity index (χ3v) is 6.69. The van der Waals surface area contributed by atoms with E-state index in [1.54, 1.807) is 24.6 Å². The number of hydrogen-bond acceptors (Lipinski definition) is 6. The van der Waals surface area contributed by atoms with Gasteiger partial charge in [0.2, 0.25) is 0 Å². The van der Waals surface area contributed by atoms with Gasteiger partial charge in [0.25, 0.3) is 5.91 Å². The molecule has 0 saturated carbocycles. The van der Waals surface area contributed by atoms with Crippen LogP contribution in [0, 0.1) is 19.7 Å². The van der Waals surface area contributed by atoms with Gasteiger partial charge in [-0.05, 0) is 42.7 Å². The van der Waals surface area contributed by atoms with E-state index in [2.05, 4.69) is 20.3 Å². The largest absolute Gasteiger partial charge is 0.382 e. The lowest BCUT2D eigenvalue weighted by atomic mass is 9.99. The minimum Gasteiger partial charge on any atom is -0.382 e. The number of anilines is 2. The molecule has 1 amide bonds. The van der Waals surface area contributed by atoms with Gasteiger partial charge >= 0.3 is 0 Å². The molecule has 164 valence electrons. The number of amides is 1. The molecule has 5 rings (SSSR count). The Labute approximate surface area is 193 Å². The molecule has 0 fully saturated rings. The van der Waals surface area contributed by atoms with Crippen molar-refractivity contribution >= 4 is 49.7 Å². The number of thiophene rings is 1. The molecule has 0 spiro atoms.